The average Bonchev–Trinajstić information content (AvgIpc) is 3.43. The van der Waals surface area contributed by atoms with Crippen molar-refractivity contribution in [3.8, 4) is 22.0 Å². The van der Waals surface area contributed by atoms with Crippen LogP contribution in [-0.4, -0.2) is 61.5 Å². The predicted octanol–water partition coefficient (Wildman–Crippen LogP) is 3.55. The van der Waals surface area contributed by atoms with Crippen molar-refractivity contribution in [2.45, 2.75) is 50.2 Å². The molecule has 2 bridgehead atoms. The van der Waals surface area contributed by atoms with Gasteiger partial charge in [0.2, 0.25) is 5.13 Å². The number of aromatic nitrogens is 4. The molecule has 5 rings (SSSR count). The Morgan fingerprint density at radius 1 is 1.31 bits per heavy atom. The third-order valence-corrected chi connectivity index (χ3v) is 7.96. The Balaban J connectivity index is 1.37. The number of benzene rings is 1. The highest BCUT2D eigenvalue weighted by atomic mass is 32.1. The molecule has 1 unspecified atom stereocenters. The number of hydrogen-bond acceptors (Lipinski definition) is 7. The molecule has 2 aliphatic heterocycles. The van der Waals surface area contributed by atoms with E-state index in [2.05, 4.69) is 46.0 Å². The number of rotatable bonds is 4. The summed E-state index contributed by atoms with van der Waals surface area (Å²) in [6.07, 6.45) is 10.2. The smallest absolute Gasteiger partial charge is 0.208 e. The van der Waals surface area contributed by atoms with Crippen LogP contribution in [0.1, 0.15) is 32.6 Å². The maximum Gasteiger partial charge on any atom is 0.208 e. The first-order chi connectivity index (χ1) is 13.9. The summed E-state index contributed by atoms with van der Waals surface area (Å²) >= 11 is 1.54. The molecule has 1 aromatic carbocycles. The van der Waals surface area contributed by atoms with Gasteiger partial charge in [0, 0.05) is 43.1 Å². The maximum atomic E-state index is 10.6. The minimum absolute atomic E-state index is 0.200. The first kappa shape index (κ1) is 18.6. The number of fused-ring (bicyclic) bond motifs is 2. The molecule has 3 aromatic rings. The summed E-state index contributed by atoms with van der Waals surface area (Å²) in [4.78, 5) is 8.92. The number of phenolic OH excluding ortho intramolecular Hbond substituents is 1. The van der Waals surface area contributed by atoms with Crippen LogP contribution in [0.3, 0.4) is 0 Å². The van der Waals surface area contributed by atoms with Crippen molar-refractivity contribution >= 4 is 16.5 Å². The minimum Gasteiger partial charge on any atom is -0.507 e. The lowest BCUT2D eigenvalue weighted by Gasteiger charge is -2.46. The standard InChI is InChI=1S/C21H26N6OS/c1-21-7-6-14(26(21)3)10-16(12-21)25(2)20-24-23-19(29-20)17-5-4-15(11-18(17)28)27-9-8-22-13-27/h4-5,8-9,11,13-14,16,28H,6-7,10,12H2,1-3H3/t14?,16-,21+/m1/s1. The topological polar surface area (TPSA) is 70.3 Å². The molecule has 8 heteroatoms. The maximum absolute atomic E-state index is 10.6. The molecular weight excluding hydrogens is 384 g/mol. The zero-order chi connectivity index (χ0) is 20.2. The van der Waals surface area contributed by atoms with E-state index in [4.69, 9.17) is 0 Å². The fraction of sp³-hybridized carbons (Fsp3) is 0.476. The second-order valence-electron chi connectivity index (χ2n) is 8.57. The number of piperidine rings is 1. The second-order valence-corrected chi connectivity index (χ2v) is 9.52. The van der Waals surface area contributed by atoms with Gasteiger partial charge in [0.15, 0.2) is 5.01 Å². The predicted molar refractivity (Wildman–Crippen MR) is 115 cm³/mol. The Bertz CT molecular complexity index is 1020. The summed E-state index contributed by atoms with van der Waals surface area (Å²) in [7, 11) is 4.40. The van der Waals surface area contributed by atoms with E-state index in [1.54, 1.807) is 18.6 Å². The average molecular weight is 411 g/mol. The van der Waals surface area contributed by atoms with Gasteiger partial charge in [-0.3, -0.25) is 4.90 Å². The molecule has 29 heavy (non-hydrogen) atoms. The number of anilines is 1. The lowest BCUT2D eigenvalue weighted by molar-refractivity contribution is 0.0847. The van der Waals surface area contributed by atoms with E-state index in [0.29, 0.717) is 17.6 Å². The minimum atomic E-state index is 0.200. The molecule has 7 nitrogen and oxygen atoms in total. The Morgan fingerprint density at radius 2 is 2.17 bits per heavy atom. The SMILES string of the molecule is CN(c1nnc(-c2ccc(-n3ccnc3)cc2O)s1)[C@@H]1CC2CC[C@@](C)(C1)N2C. The molecule has 1 N–H and O–H groups in total. The molecule has 0 aliphatic carbocycles. The molecule has 0 spiro atoms. The summed E-state index contributed by atoms with van der Waals surface area (Å²) in [5, 5.41) is 21.0. The first-order valence-electron chi connectivity index (χ1n) is 10.1. The van der Waals surface area contributed by atoms with Crippen molar-refractivity contribution in [2.24, 2.45) is 0 Å². The summed E-state index contributed by atoms with van der Waals surface area (Å²) in [5.41, 5.74) is 1.86. The molecule has 0 amide bonds. The van der Waals surface area contributed by atoms with Crippen LogP contribution in [0.25, 0.3) is 16.3 Å². The molecule has 3 atom stereocenters. The summed E-state index contributed by atoms with van der Waals surface area (Å²) in [5.74, 6) is 0.200. The van der Waals surface area contributed by atoms with Crippen LogP contribution in [-0.2, 0) is 0 Å². The van der Waals surface area contributed by atoms with Crippen LogP contribution >= 0.6 is 11.3 Å². The Morgan fingerprint density at radius 3 is 2.90 bits per heavy atom. The normalized spacial score (nSPS) is 26.7. The fourth-order valence-corrected chi connectivity index (χ4v) is 5.82. The number of aromatic hydroxyl groups is 1. The molecular formula is C21H26N6OS. The lowest BCUT2D eigenvalue weighted by atomic mass is 9.87. The largest absolute Gasteiger partial charge is 0.507 e. The number of hydrogen-bond donors (Lipinski definition) is 1. The van der Waals surface area contributed by atoms with Crippen LogP contribution in [0.5, 0.6) is 5.75 Å². The van der Waals surface area contributed by atoms with E-state index in [9.17, 15) is 5.11 Å². The highest BCUT2D eigenvalue weighted by molar-refractivity contribution is 7.18. The van der Waals surface area contributed by atoms with Crippen LogP contribution in [0.15, 0.2) is 36.9 Å². The van der Waals surface area contributed by atoms with E-state index < -0.39 is 0 Å². The van der Waals surface area contributed by atoms with E-state index in [1.165, 1.54) is 30.6 Å². The van der Waals surface area contributed by atoms with E-state index in [-0.39, 0.29) is 11.3 Å². The first-order valence-corrected chi connectivity index (χ1v) is 10.9. The Kier molecular flexibility index (Phi) is 4.36. The third-order valence-electron chi connectivity index (χ3n) is 6.91. The molecule has 2 aliphatic rings. The highest BCUT2D eigenvalue weighted by Crippen LogP contribution is 2.45. The van der Waals surface area contributed by atoms with E-state index in [1.807, 2.05) is 22.9 Å². The molecule has 0 radical (unpaired) electrons. The van der Waals surface area contributed by atoms with Gasteiger partial charge in [0.05, 0.1) is 17.6 Å². The molecule has 2 fully saturated rings. The molecule has 152 valence electrons. The van der Waals surface area contributed by atoms with Crippen molar-refractivity contribution in [1.82, 2.24) is 24.6 Å². The van der Waals surface area contributed by atoms with Gasteiger partial charge in [-0.1, -0.05) is 11.3 Å². The van der Waals surface area contributed by atoms with Crippen LogP contribution in [0.2, 0.25) is 0 Å². The van der Waals surface area contributed by atoms with Crippen molar-refractivity contribution in [1.29, 1.82) is 0 Å². The number of nitrogens with zero attached hydrogens (tertiary/aromatic N) is 6. The van der Waals surface area contributed by atoms with Crippen LogP contribution in [0.4, 0.5) is 5.13 Å². The zero-order valence-corrected chi connectivity index (χ0v) is 17.8. The number of imidazole rings is 1. The van der Waals surface area contributed by atoms with Crippen LogP contribution < -0.4 is 4.90 Å². The van der Waals surface area contributed by atoms with Crippen molar-refractivity contribution in [3.63, 3.8) is 0 Å². The Labute approximate surface area is 174 Å². The molecule has 0 saturated carbocycles. The molecule has 2 aromatic heterocycles. The van der Waals surface area contributed by atoms with Gasteiger partial charge in [0.25, 0.3) is 0 Å². The summed E-state index contributed by atoms with van der Waals surface area (Å²) in [6, 6.07) is 6.72. The van der Waals surface area contributed by atoms with Gasteiger partial charge >= 0.3 is 0 Å². The van der Waals surface area contributed by atoms with Gasteiger partial charge in [-0.15, -0.1) is 10.2 Å². The second kappa shape index (κ2) is 6.81. The van der Waals surface area contributed by atoms with E-state index >= 15 is 0 Å². The third kappa shape index (κ3) is 3.11. The van der Waals surface area contributed by atoms with Crippen LogP contribution in [0, 0.1) is 0 Å². The van der Waals surface area contributed by atoms with Gasteiger partial charge < -0.3 is 14.6 Å². The quantitative estimate of drug-likeness (QED) is 0.709. The monoisotopic (exact) mass is 410 g/mol. The van der Waals surface area contributed by atoms with Crippen molar-refractivity contribution in [2.75, 3.05) is 19.0 Å². The summed E-state index contributed by atoms with van der Waals surface area (Å²) in [6.45, 7) is 2.39. The van der Waals surface area contributed by atoms with Crippen molar-refractivity contribution < 1.29 is 5.11 Å². The van der Waals surface area contributed by atoms with Gasteiger partial charge in [-0.2, -0.15) is 0 Å². The van der Waals surface area contributed by atoms with E-state index in [0.717, 1.165) is 22.2 Å². The molecule has 4 heterocycles. The highest BCUT2D eigenvalue weighted by Gasteiger charge is 2.47. The Hall–Kier alpha value is -2.45. The lowest BCUT2D eigenvalue weighted by Crippen LogP contribution is -2.54. The fourth-order valence-electron chi connectivity index (χ4n) is 4.91. The van der Waals surface area contributed by atoms with Gasteiger partial charge in [-0.25, -0.2) is 4.98 Å². The van der Waals surface area contributed by atoms with Crippen molar-refractivity contribution in [3.05, 3.63) is 36.9 Å². The zero-order valence-electron chi connectivity index (χ0n) is 17.0. The summed E-state index contributed by atoms with van der Waals surface area (Å²) < 4.78 is 1.86. The van der Waals surface area contributed by atoms with Gasteiger partial charge in [-0.05, 0) is 51.8 Å². The number of phenols is 1. The molecule has 2 saturated heterocycles. The van der Waals surface area contributed by atoms with Gasteiger partial charge in [0.1, 0.15) is 5.75 Å².